The van der Waals surface area contributed by atoms with Gasteiger partial charge < -0.3 is 19.8 Å². The minimum Gasteiger partial charge on any atom is -0.461 e. The number of aryl methyl sites for hydroxylation is 1. The van der Waals surface area contributed by atoms with Crippen LogP contribution in [0.4, 0.5) is 11.4 Å². The quantitative estimate of drug-likeness (QED) is 0.395. The number of ether oxygens (including phenoxy) is 2. The fraction of sp³-hybridized carbons (Fsp3) is 0.278. The molecule has 29 heavy (non-hydrogen) atoms. The van der Waals surface area contributed by atoms with Gasteiger partial charge in [-0.15, -0.1) is 0 Å². The maximum atomic E-state index is 12.4. The second-order valence-corrected chi connectivity index (χ2v) is 6.30. The fourth-order valence-corrected chi connectivity index (χ4v) is 2.74. The van der Waals surface area contributed by atoms with Gasteiger partial charge in [0.25, 0.3) is 11.6 Å². The smallest absolute Gasteiger partial charge is 0.355 e. The van der Waals surface area contributed by atoms with E-state index in [1.807, 2.05) is 0 Å². The number of rotatable bonds is 7. The zero-order valence-corrected chi connectivity index (χ0v) is 16.6. The Balaban J connectivity index is 2.06. The molecule has 2 N–H and O–H groups in total. The Morgan fingerprint density at radius 2 is 1.90 bits per heavy atom. The predicted octanol–water partition coefficient (Wildman–Crippen LogP) is 3.17. The van der Waals surface area contributed by atoms with Crippen molar-refractivity contribution in [1.82, 2.24) is 4.98 Å². The number of aromatic nitrogens is 1. The third-order valence-corrected chi connectivity index (χ3v) is 4.22. The van der Waals surface area contributed by atoms with E-state index in [0.717, 1.165) is 6.07 Å². The lowest BCUT2D eigenvalue weighted by Gasteiger charge is -2.08. The predicted molar refractivity (Wildman–Crippen MR) is 103 cm³/mol. The fourth-order valence-electron chi connectivity index (χ4n) is 2.58. The maximum absolute atomic E-state index is 12.4. The minimum atomic E-state index is -0.813. The van der Waals surface area contributed by atoms with Crippen LogP contribution in [0.2, 0.25) is 5.02 Å². The summed E-state index contributed by atoms with van der Waals surface area (Å²) in [6, 6.07) is 3.55. The second-order valence-electron chi connectivity index (χ2n) is 5.89. The molecule has 1 amide bonds. The average Bonchev–Trinajstić information content (AvgIpc) is 2.96. The molecule has 0 aliphatic carbocycles. The minimum absolute atomic E-state index is 0.0144. The number of benzene rings is 1. The SMILES string of the molecule is CCOC(=O)c1[nH]c(C)c(C(=O)OCC(=O)Nc2cc([N+](=O)[O-])ccc2Cl)c1C. The molecule has 0 fully saturated rings. The maximum Gasteiger partial charge on any atom is 0.355 e. The van der Waals surface area contributed by atoms with Gasteiger partial charge in [0, 0.05) is 17.8 Å². The molecule has 0 unspecified atom stereocenters. The summed E-state index contributed by atoms with van der Waals surface area (Å²) in [5.74, 6) is -2.16. The first-order valence-electron chi connectivity index (χ1n) is 8.42. The van der Waals surface area contributed by atoms with Gasteiger partial charge in [0.2, 0.25) is 0 Å². The Morgan fingerprint density at radius 3 is 2.52 bits per heavy atom. The number of aromatic amines is 1. The molecular weight excluding hydrogens is 406 g/mol. The molecule has 0 saturated carbocycles. The van der Waals surface area contributed by atoms with Gasteiger partial charge in [0.05, 0.1) is 27.8 Å². The molecule has 0 saturated heterocycles. The van der Waals surface area contributed by atoms with Crippen LogP contribution < -0.4 is 5.32 Å². The van der Waals surface area contributed by atoms with E-state index in [4.69, 9.17) is 21.1 Å². The highest BCUT2D eigenvalue weighted by atomic mass is 35.5. The first kappa shape index (κ1) is 21.9. The molecule has 0 bridgehead atoms. The number of nitrogens with one attached hydrogen (secondary N) is 2. The van der Waals surface area contributed by atoms with Gasteiger partial charge in [-0.2, -0.15) is 0 Å². The number of anilines is 1. The van der Waals surface area contributed by atoms with E-state index in [2.05, 4.69) is 10.3 Å². The molecule has 10 nitrogen and oxygen atoms in total. The van der Waals surface area contributed by atoms with Gasteiger partial charge in [0.15, 0.2) is 6.61 Å². The van der Waals surface area contributed by atoms with Crippen LogP contribution in [0.25, 0.3) is 0 Å². The van der Waals surface area contributed by atoms with Gasteiger partial charge in [-0.3, -0.25) is 14.9 Å². The topological polar surface area (TPSA) is 141 Å². The lowest BCUT2D eigenvalue weighted by Crippen LogP contribution is -2.21. The number of halogens is 1. The van der Waals surface area contributed by atoms with Crippen molar-refractivity contribution in [2.24, 2.45) is 0 Å². The Hall–Kier alpha value is -3.40. The second kappa shape index (κ2) is 9.20. The van der Waals surface area contributed by atoms with Crippen LogP contribution in [0.5, 0.6) is 0 Å². The number of nitro benzene ring substituents is 1. The van der Waals surface area contributed by atoms with Gasteiger partial charge in [-0.05, 0) is 32.4 Å². The molecular formula is C18H18ClN3O7. The molecule has 0 spiro atoms. The van der Waals surface area contributed by atoms with Crippen molar-refractivity contribution < 1.29 is 28.8 Å². The lowest BCUT2D eigenvalue weighted by molar-refractivity contribution is -0.384. The van der Waals surface area contributed by atoms with Crippen LogP contribution in [-0.4, -0.2) is 41.0 Å². The summed E-state index contributed by atoms with van der Waals surface area (Å²) in [4.78, 5) is 49.3. The van der Waals surface area contributed by atoms with E-state index < -0.39 is 29.4 Å². The molecule has 154 valence electrons. The summed E-state index contributed by atoms with van der Waals surface area (Å²) in [5.41, 5.74) is 0.733. The van der Waals surface area contributed by atoms with E-state index in [-0.39, 0.29) is 34.3 Å². The number of carbonyl (C=O) groups excluding carboxylic acids is 3. The third-order valence-electron chi connectivity index (χ3n) is 3.89. The number of hydrogen-bond donors (Lipinski definition) is 2. The van der Waals surface area contributed by atoms with E-state index in [1.54, 1.807) is 20.8 Å². The highest BCUT2D eigenvalue weighted by Gasteiger charge is 2.24. The summed E-state index contributed by atoms with van der Waals surface area (Å²) >= 11 is 5.91. The van der Waals surface area contributed by atoms with Gasteiger partial charge >= 0.3 is 11.9 Å². The summed E-state index contributed by atoms with van der Waals surface area (Å²) in [6.07, 6.45) is 0. The summed E-state index contributed by atoms with van der Waals surface area (Å²) < 4.78 is 9.91. The molecule has 2 aromatic rings. The van der Waals surface area contributed by atoms with Crippen LogP contribution in [-0.2, 0) is 14.3 Å². The van der Waals surface area contributed by atoms with Gasteiger partial charge in [-0.25, -0.2) is 9.59 Å². The van der Waals surface area contributed by atoms with Crippen LogP contribution in [0, 0.1) is 24.0 Å². The van der Waals surface area contributed by atoms with Crippen LogP contribution in [0.3, 0.4) is 0 Å². The molecule has 1 aromatic heterocycles. The largest absolute Gasteiger partial charge is 0.461 e. The first-order chi connectivity index (χ1) is 13.6. The van der Waals surface area contributed by atoms with Gasteiger partial charge in [-0.1, -0.05) is 11.6 Å². The number of nitrogens with zero attached hydrogens (tertiary/aromatic N) is 1. The summed E-state index contributed by atoms with van der Waals surface area (Å²) in [5, 5.41) is 13.3. The van der Waals surface area contributed by atoms with Crippen molar-refractivity contribution in [3.63, 3.8) is 0 Å². The number of non-ortho nitro benzene ring substituents is 1. The zero-order chi connectivity index (χ0) is 21.7. The van der Waals surface area contributed by atoms with Crippen molar-refractivity contribution in [3.05, 3.63) is 55.9 Å². The number of nitro groups is 1. The van der Waals surface area contributed by atoms with Crippen LogP contribution in [0.1, 0.15) is 39.0 Å². The third kappa shape index (κ3) is 5.11. The molecule has 11 heteroatoms. The molecule has 1 aromatic carbocycles. The standard InChI is InChI=1S/C18H18ClN3O7/c1-4-28-18(25)16-9(2)15(10(3)20-16)17(24)29-8-14(23)21-13-7-11(22(26)27)5-6-12(13)19/h5-7,20H,4,8H2,1-3H3,(H,21,23). The van der Waals surface area contributed by atoms with Crippen LogP contribution in [0.15, 0.2) is 18.2 Å². The van der Waals surface area contributed by atoms with E-state index in [0.29, 0.717) is 11.3 Å². The Labute approximate surface area is 170 Å². The van der Waals surface area contributed by atoms with Crippen molar-refractivity contribution in [2.45, 2.75) is 20.8 Å². The Bertz CT molecular complexity index is 984. The van der Waals surface area contributed by atoms with Crippen molar-refractivity contribution in [3.8, 4) is 0 Å². The highest BCUT2D eigenvalue weighted by Crippen LogP contribution is 2.26. The molecule has 1 heterocycles. The highest BCUT2D eigenvalue weighted by molar-refractivity contribution is 6.33. The molecule has 0 radical (unpaired) electrons. The van der Waals surface area contributed by atoms with Crippen molar-refractivity contribution in [2.75, 3.05) is 18.5 Å². The van der Waals surface area contributed by atoms with Crippen LogP contribution >= 0.6 is 11.6 Å². The Kier molecular flexibility index (Phi) is 6.94. The summed E-state index contributed by atoms with van der Waals surface area (Å²) in [7, 11) is 0. The zero-order valence-electron chi connectivity index (χ0n) is 15.8. The lowest BCUT2D eigenvalue weighted by atomic mass is 10.1. The number of carbonyl (C=O) groups is 3. The first-order valence-corrected chi connectivity index (χ1v) is 8.80. The van der Waals surface area contributed by atoms with E-state index in [9.17, 15) is 24.5 Å². The number of esters is 2. The van der Waals surface area contributed by atoms with E-state index >= 15 is 0 Å². The summed E-state index contributed by atoms with van der Waals surface area (Å²) in [6.45, 7) is 4.31. The van der Waals surface area contributed by atoms with E-state index in [1.165, 1.54) is 12.1 Å². The Morgan fingerprint density at radius 1 is 1.21 bits per heavy atom. The number of amides is 1. The number of H-pyrrole nitrogens is 1. The normalized spacial score (nSPS) is 10.3. The molecule has 0 aliphatic rings. The van der Waals surface area contributed by atoms with Crippen molar-refractivity contribution in [1.29, 1.82) is 0 Å². The van der Waals surface area contributed by atoms with Gasteiger partial charge in [0.1, 0.15) is 5.69 Å². The number of hydrogen-bond acceptors (Lipinski definition) is 7. The monoisotopic (exact) mass is 423 g/mol. The molecule has 0 aliphatic heterocycles. The van der Waals surface area contributed by atoms with Crippen molar-refractivity contribution >= 4 is 40.8 Å². The molecule has 0 atom stereocenters. The molecule has 2 rings (SSSR count). The average molecular weight is 424 g/mol.